The zero-order chi connectivity index (χ0) is 15.5. The number of nitrogens with two attached hydrogens (primary N) is 1. The van der Waals surface area contributed by atoms with Crippen LogP contribution in [0.1, 0.15) is 37.6 Å². The molecule has 0 radical (unpaired) electrons. The minimum Gasteiger partial charge on any atom is -0.345 e. The van der Waals surface area contributed by atoms with Gasteiger partial charge in [0.05, 0.1) is 0 Å². The van der Waals surface area contributed by atoms with E-state index in [-0.39, 0.29) is 11.0 Å². The van der Waals surface area contributed by atoms with Gasteiger partial charge in [0.15, 0.2) is 0 Å². The molecule has 3 N–H and O–H groups in total. The zero-order valence-corrected chi connectivity index (χ0v) is 13.4. The molecule has 0 fully saturated rings. The predicted octanol–water partition coefficient (Wildman–Crippen LogP) is 3.22. The van der Waals surface area contributed by atoms with E-state index in [4.69, 9.17) is 5.73 Å². The molecular formula is C14H19BrF2N2O. The topological polar surface area (TPSA) is 55.1 Å². The van der Waals surface area contributed by atoms with Crippen molar-refractivity contribution < 1.29 is 13.6 Å². The van der Waals surface area contributed by atoms with E-state index in [1.807, 2.05) is 13.8 Å². The molecule has 0 aliphatic carbocycles. The van der Waals surface area contributed by atoms with Crippen molar-refractivity contribution in [3.63, 3.8) is 0 Å². The summed E-state index contributed by atoms with van der Waals surface area (Å²) in [6.07, 6.45) is 0.620. The highest BCUT2D eigenvalue weighted by molar-refractivity contribution is 9.10. The Bertz CT molecular complexity index is 485. The number of amides is 1. The van der Waals surface area contributed by atoms with Gasteiger partial charge >= 0.3 is 0 Å². The van der Waals surface area contributed by atoms with E-state index in [0.717, 1.165) is 12.1 Å². The monoisotopic (exact) mass is 348 g/mol. The molecule has 1 aromatic rings. The third-order valence-corrected chi connectivity index (χ3v) is 3.42. The number of nitrogens with one attached hydrogen (secondary N) is 1. The summed E-state index contributed by atoms with van der Waals surface area (Å²) in [6, 6.07) is 2.11. The molecule has 0 saturated carbocycles. The molecule has 1 atom stereocenters. The molecule has 1 aromatic carbocycles. The summed E-state index contributed by atoms with van der Waals surface area (Å²) in [5.41, 5.74) is 4.39. The van der Waals surface area contributed by atoms with Crippen molar-refractivity contribution in [2.45, 2.75) is 32.7 Å². The van der Waals surface area contributed by atoms with Crippen molar-refractivity contribution in [2.24, 2.45) is 11.7 Å². The smallest absolute Gasteiger partial charge is 0.257 e. The molecule has 112 valence electrons. The minimum atomic E-state index is -0.904. The first-order valence-electron chi connectivity index (χ1n) is 6.35. The van der Waals surface area contributed by atoms with Crippen LogP contribution in [0.4, 0.5) is 8.78 Å². The van der Waals surface area contributed by atoms with Crippen LogP contribution in [0, 0.1) is 17.6 Å². The normalized spacial score (nSPS) is 14.2. The Hall–Kier alpha value is -1.01. The van der Waals surface area contributed by atoms with Crippen molar-refractivity contribution in [3.05, 3.63) is 33.8 Å². The maximum Gasteiger partial charge on any atom is 0.257 e. The second-order valence-corrected chi connectivity index (χ2v) is 6.48. The van der Waals surface area contributed by atoms with Gasteiger partial charge < -0.3 is 11.1 Å². The number of halogens is 3. The van der Waals surface area contributed by atoms with E-state index in [2.05, 4.69) is 21.2 Å². The zero-order valence-electron chi connectivity index (χ0n) is 11.8. The molecule has 6 heteroatoms. The third-order valence-electron chi connectivity index (χ3n) is 2.96. The van der Waals surface area contributed by atoms with Gasteiger partial charge in [-0.1, -0.05) is 29.8 Å². The summed E-state index contributed by atoms with van der Waals surface area (Å²) in [5, 5.41) is 2.63. The Kier molecular flexibility index (Phi) is 5.65. The third kappa shape index (κ3) is 4.24. The van der Waals surface area contributed by atoms with Crippen LogP contribution in [0.2, 0.25) is 0 Å². The second-order valence-electron chi connectivity index (χ2n) is 5.56. The van der Waals surface area contributed by atoms with Crippen LogP contribution in [-0.4, -0.2) is 18.0 Å². The van der Waals surface area contributed by atoms with Crippen LogP contribution >= 0.6 is 15.9 Å². The van der Waals surface area contributed by atoms with Crippen LogP contribution < -0.4 is 11.1 Å². The van der Waals surface area contributed by atoms with Gasteiger partial charge in [0.25, 0.3) is 5.91 Å². The number of carbonyl (C=O) groups excluding carboxylic acids is 1. The van der Waals surface area contributed by atoms with E-state index in [1.165, 1.54) is 0 Å². The van der Waals surface area contributed by atoms with Crippen LogP contribution in [-0.2, 0) is 0 Å². The first kappa shape index (κ1) is 17.0. The van der Waals surface area contributed by atoms with Gasteiger partial charge in [-0.05, 0) is 31.4 Å². The molecule has 0 aliphatic rings. The van der Waals surface area contributed by atoms with Crippen LogP contribution in [0.5, 0.6) is 0 Å². The van der Waals surface area contributed by atoms with Gasteiger partial charge in [-0.2, -0.15) is 0 Å². The van der Waals surface area contributed by atoms with E-state index < -0.39 is 28.6 Å². The summed E-state index contributed by atoms with van der Waals surface area (Å²) < 4.78 is 27.7. The standard InChI is InChI=1S/C14H19BrF2N2O/c1-8(2)6-14(3,7-18)19-13(20)12-10(16)4-9(15)5-11(12)17/h4-5,8H,6-7,18H2,1-3H3,(H,19,20). The summed E-state index contributed by atoms with van der Waals surface area (Å²) in [5.74, 6) is -2.30. The van der Waals surface area contributed by atoms with Gasteiger partial charge in [0.1, 0.15) is 17.2 Å². The molecule has 1 unspecified atom stereocenters. The molecule has 1 amide bonds. The largest absolute Gasteiger partial charge is 0.345 e. The highest BCUT2D eigenvalue weighted by Crippen LogP contribution is 2.21. The molecule has 1 rings (SSSR count). The van der Waals surface area contributed by atoms with Crippen molar-refractivity contribution in [1.82, 2.24) is 5.32 Å². The van der Waals surface area contributed by atoms with E-state index in [1.54, 1.807) is 6.92 Å². The lowest BCUT2D eigenvalue weighted by Gasteiger charge is -2.31. The fourth-order valence-electron chi connectivity index (χ4n) is 2.18. The van der Waals surface area contributed by atoms with Crippen molar-refractivity contribution in [1.29, 1.82) is 0 Å². The summed E-state index contributed by atoms with van der Waals surface area (Å²) in [7, 11) is 0. The summed E-state index contributed by atoms with van der Waals surface area (Å²) >= 11 is 2.97. The quantitative estimate of drug-likeness (QED) is 0.858. The SMILES string of the molecule is CC(C)CC(C)(CN)NC(=O)c1c(F)cc(Br)cc1F. The molecule has 0 spiro atoms. The van der Waals surface area contributed by atoms with Crippen LogP contribution in [0.15, 0.2) is 16.6 Å². The van der Waals surface area contributed by atoms with Gasteiger partial charge in [0, 0.05) is 16.6 Å². The number of hydrogen-bond donors (Lipinski definition) is 2. The van der Waals surface area contributed by atoms with Gasteiger partial charge in [-0.15, -0.1) is 0 Å². The second kappa shape index (κ2) is 6.63. The fourth-order valence-corrected chi connectivity index (χ4v) is 2.58. The molecule has 0 aliphatic heterocycles. The molecule has 0 heterocycles. The summed E-state index contributed by atoms with van der Waals surface area (Å²) in [4.78, 5) is 12.1. The van der Waals surface area contributed by atoms with E-state index in [0.29, 0.717) is 12.3 Å². The Labute approximate surface area is 126 Å². The molecule has 20 heavy (non-hydrogen) atoms. The lowest BCUT2D eigenvalue weighted by molar-refractivity contribution is 0.0889. The Morgan fingerprint density at radius 3 is 2.30 bits per heavy atom. The first-order valence-corrected chi connectivity index (χ1v) is 7.15. The molecule has 3 nitrogen and oxygen atoms in total. The Morgan fingerprint density at radius 1 is 1.40 bits per heavy atom. The van der Waals surface area contributed by atoms with Crippen LogP contribution in [0.3, 0.4) is 0 Å². The lowest BCUT2D eigenvalue weighted by Crippen LogP contribution is -2.52. The van der Waals surface area contributed by atoms with E-state index >= 15 is 0 Å². The van der Waals surface area contributed by atoms with Gasteiger partial charge in [0.2, 0.25) is 0 Å². The maximum absolute atomic E-state index is 13.7. The molecular weight excluding hydrogens is 330 g/mol. The average Bonchev–Trinajstić information content (AvgIpc) is 2.25. The predicted molar refractivity (Wildman–Crippen MR) is 78.4 cm³/mol. The van der Waals surface area contributed by atoms with E-state index in [9.17, 15) is 13.6 Å². The van der Waals surface area contributed by atoms with Crippen molar-refractivity contribution >= 4 is 21.8 Å². The van der Waals surface area contributed by atoms with Crippen LogP contribution in [0.25, 0.3) is 0 Å². The fraction of sp³-hybridized carbons (Fsp3) is 0.500. The average molecular weight is 349 g/mol. The highest BCUT2D eigenvalue weighted by Gasteiger charge is 2.29. The Morgan fingerprint density at radius 2 is 1.90 bits per heavy atom. The molecule has 0 saturated heterocycles. The molecule has 0 aromatic heterocycles. The first-order chi connectivity index (χ1) is 9.18. The van der Waals surface area contributed by atoms with Gasteiger partial charge in [-0.3, -0.25) is 4.79 Å². The van der Waals surface area contributed by atoms with Crippen molar-refractivity contribution in [3.8, 4) is 0 Å². The maximum atomic E-state index is 13.7. The summed E-state index contributed by atoms with van der Waals surface area (Å²) in [6.45, 7) is 5.93. The Balaban J connectivity index is 3.02. The van der Waals surface area contributed by atoms with Crippen molar-refractivity contribution in [2.75, 3.05) is 6.54 Å². The number of benzene rings is 1. The lowest BCUT2D eigenvalue weighted by atomic mass is 9.90. The number of hydrogen-bond acceptors (Lipinski definition) is 2. The number of rotatable bonds is 5. The highest BCUT2D eigenvalue weighted by atomic mass is 79.9. The minimum absolute atomic E-state index is 0.191. The van der Waals surface area contributed by atoms with Gasteiger partial charge in [-0.25, -0.2) is 8.78 Å². The molecule has 0 bridgehead atoms. The number of carbonyl (C=O) groups is 1.